The van der Waals surface area contributed by atoms with Crippen LogP contribution in [0.15, 0.2) is 0 Å². The molecule has 0 spiro atoms. The Morgan fingerprint density at radius 2 is 1.68 bits per heavy atom. The van der Waals surface area contributed by atoms with Crippen molar-refractivity contribution in [3.63, 3.8) is 0 Å². The molecule has 0 aromatic heterocycles. The standard InChI is InChI=1S/C17H32O2/c1-3-19-17(14-9-5-4-6-10-14)16(18)15-11-7-8-13(2)12-15/h13-18H,3-12H2,1-2H3. The van der Waals surface area contributed by atoms with Gasteiger partial charge in [-0.15, -0.1) is 0 Å². The highest BCUT2D eigenvalue weighted by Gasteiger charge is 2.36. The number of ether oxygens (including phenoxy) is 1. The predicted octanol–water partition coefficient (Wildman–Crippen LogP) is 4.16. The Morgan fingerprint density at radius 1 is 1.00 bits per heavy atom. The Hall–Kier alpha value is -0.0800. The molecule has 0 aromatic rings. The molecular weight excluding hydrogens is 236 g/mol. The molecule has 2 nitrogen and oxygen atoms in total. The maximum absolute atomic E-state index is 10.8. The lowest BCUT2D eigenvalue weighted by Crippen LogP contribution is -2.43. The van der Waals surface area contributed by atoms with Gasteiger partial charge in [0.2, 0.25) is 0 Å². The van der Waals surface area contributed by atoms with Gasteiger partial charge < -0.3 is 9.84 Å². The molecule has 1 N–H and O–H groups in total. The number of hydrogen-bond donors (Lipinski definition) is 1. The third kappa shape index (κ3) is 4.19. The van der Waals surface area contributed by atoms with Crippen LogP contribution in [-0.2, 0) is 4.74 Å². The quantitative estimate of drug-likeness (QED) is 0.811. The van der Waals surface area contributed by atoms with E-state index in [1.807, 2.05) is 0 Å². The van der Waals surface area contributed by atoms with Gasteiger partial charge in [0.1, 0.15) is 0 Å². The second-order valence-electron chi connectivity index (χ2n) is 6.84. The molecule has 0 bridgehead atoms. The van der Waals surface area contributed by atoms with Gasteiger partial charge in [-0.2, -0.15) is 0 Å². The van der Waals surface area contributed by atoms with Crippen LogP contribution in [0.3, 0.4) is 0 Å². The number of hydrogen-bond acceptors (Lipinski definition) is 2. The van der Waals surface area contributed by atoms with E-state index in [1.54, 1.807) is 0 Å². The number of rotatable bonds is 5. The van der Waals surface area contributed by atoms with Crippen molar-refractivity contribution in [1.29, 1.82) is 0 Å². The summed E-state index contributed by atoms with van der Waals surface area (Å²) in [4.78, 5) is 0. The largest absolute Gasteiger partial charge is 0.390 e. The average molecular weight is 268 g/mol. The molecule has 2 fully saturated rings. The summed E-state index contributed by atoms with van der Waals surface area (Å²) in [6.45, 7) is 5.13. The van der Waals surface area contributed by atoms with E-state index in [1.165, 1.54) is 57.8 Å². The van der Waals surface area contributed by atoms with E-state index in [9.17, 15) is 5.11 Å². The summed E-state index contributed by atoms with van der Waals surface area (Å²) in [6, 6.07) is 0. The van der Waals surface area contributed by atoms with E-state index in [0.717, 1.165) is 12.5 Å². The fraction of sp³-hybridized carbons (Fsp3) is 1.00. The zero-order valence-electron chi connectivity index (χ0n) is 12.8. The zero-order chi connectivity index (χ0) is 13.7. The zero-order valence-corrected chi connectivity index (χ0v) is 12.8. The molecule has 2 saturated carbocycles. The van der Waals surface area contributed by atoms with Crippen molar-refractivity contribution in [2.24, 2.45) is 17.8 Å². The Balaban J connectivity index is 1.95. The second-order valence-corrected chi connectivity index (χ2v) is 6.84. The van der Waals surface area contributed by atoms with Crippen molar-refractivity contribution in [3.05, 3.63) is 0 Å². The first-order valence-electron chi connectivity index (χ1n) is 8.52. The molecule has 0 heterocycles. The van der Waals surface area contributed by atoms with E-state index < -0.39 is 0 Å². The van der Waals surface area contributed by atoms with Crippen LogP contribution in [0.25, 0.3) is 0 Å². The van der Waals surface area contributed by atoms with Crippen molar-refractivity contribution in [2.75, 3.05) is 6.61 Å². The summed E-state index contributed by atoms with van der Waals surface area (Å²) < 4.78 is 5.98. The lowest BCUT2D eigenvalue weighted by atomic mass is 9.74. The van der Waals surface area contributed by atoms with E-state index >= 15 is 0 Å². The van der Waals surface area contributed by atoms with Crippen molar-refractivity contribution >= 4 is 0 Å². The van der Waals surface area contributed by atoms with Gasteiger partial charge in [0.25, 0.3) is 0 Å². The SMILES string of the molecule is CCOC(C1CCCCC1)C(O)C1CCCC(C)C1. The maximum atomic E-state index is 10.8. The van der Waals surface area contributed by atoms with E-state index in [2.05, 4.69) is 13.8 Å². The third-order valence-electron chi connectivity index (χ3n) is 5.27. The van der Waals surface area contributed by atoms with E-state index in [4.69, 9.17) is 4.74 Å². The fourth-order valence-corrected chi connectivity index (χ4v) is 4.23. The first kappa shape index (κ1) is 15.3. The third-order valence-corrected chi connectivity index (χ3v) is 5.27. The Bertz CT molecular complexity index is 248. The Labute approximate surface area is 118 Å². The van der Waals surface area contributed by atoms with Crippen LogP contribution >= 0.6 is 0 Å². The van der Waals surface area contributed by atoms with Crippen LogP contribution in [-0.4, -0.2) is 23.9 Å². The topological polar surface area (TPSA) is 29.5 Å². The van der Waals surface area contributed by atoms with Crippen LogP contribution in [0.5, 0.6) is 0 Å². The molecular formula is C17H32O2. The lowest BCUT2D eigenvalue weighted by molar-refractivity contribution is -0.100. The highest BCUT2D eigenvalue weighted by atomic mass is 16.5. The molecule has 4 atom stereocenters. The molecule has 0 saturated heterocycles. The highest BCUT2D eigenvalue weighted by molar-refractivity contribution is 4.86. The summed E-state index contributed by atoms with van der Waals surface area (Å²) in [7, 11) is 0. The van der Waals surface area contributed by atoms with Gasteiger partial charge in [-0.3, -0.25) is 0 Å². The summed E-state index contributed by atoms with van der Waals surface area (Å²) in [5.74, 6) is 1.85. The summed E-state index contributed by atoms with van der Waals surface area (Å²) >= 11 is 0. The molecule has 4 unspecified atom stereocenters. The monoisotopic (exact) mass is 268 g/mol. The van der Waals surface area contributed by atoms with Crippen molar-refractivity contribution < 1.29 is 9.84 Å². The first-order chi connectivity index (χ1) is 9.22. The van der Waals surface area contributed by atoms with Crippen molar-refractivity contribution in [1.82, 2.24) is 0 Å². The van der Waals surface area contributed by atoms with E-state index in [0.29, 0.717) is 11.8 Å². The van der Waals surface area contributed by atoms with Crippen LogP contribution in [0.2, 0.25) is 0 Å². The number of aliphatic hydroxyl groups is 1. The van der Waals surface area contributed by atoms with Gasteiger partial charge in [0.15, 0.2) is 0 Å². The average Bonchev–Trinajstić information content (AvgIpc) is 2.45. The van der Waals surface area contributed by atoms with Crippen LogP contribution < -0.4 is 0 Å². The van der Waals surface area contributed by atoms with Gasteiger partial charge in [0.05, 0.1) is 12.2 Å². The molecule has 2 heteroatoms. The molecule has 19 heavy (non-hydrogen) atoms. The molecule has 0 amide bonds. The predicted molar refractivity (Wildman–Crippen MR) is 79.1 cm³/mol. The Kier molecular flexibility index (Phi) is 6.15. The summed E-state index contributed by atoms with van der Waals surface area (Å²) in [5.41, 5.74) is 0. The van der Waals surface area contributed by atoms with Crippen molar-refractivity contribution in [3.8, 4) is 0 Å². The minimum Gasteiger partial charge on any atom is -0.390 e. The Morgan fingerprint density at radius 3 is 2.32 bits per heavy atom. The molecule has 0 radical (unpaired) electrons. The van der Waals surface area contributed by atoms with Gasteiger partial charge >= 0.3 is 0 Å². The number of aliphatic hydroxyl groups excluding tert-OH is 1. The maximum Gasteiger partial charge on any atom is 0.0864 e. The van der Waals surface area contributed by atoms with Crippen molar-refractivity contribution in [2.45, 2.75) is 83.8 Å². The molecule has 2 aliphatic carbocycles. The van der Waals surface area contributed by atoms with Gasteiger partial charge in [0, 0.05) is 6.61 Å². The van der Waals surface area contributed by atoms with Crippen LogP contribution in [0, 0.1) is 17.8 Å². The normalized spacial score (nSPS) is 33.0. The fourth-order valence-electron chi connectivity index (χ4n) is 4.23. The van der Waals surface area contributed by atoms with Crippen LogP contribution in [0.4, 0.5) is 0 Å². The van der Waals surface area contributed by atoms with E-state index in [-0.39, 0.29) is 12.2 Å². The summed E-state index contributed by atoms with van der Waals surface area (Å²) in [5, 5.41) is 10.8. The van der Waals surface area contributed by atoms with Gasteiger partial charge in [-0.25, -0.2) is 0 Å². The summed E-state index contributed by atoms with van der Waals surface area (Å²) in [6.07, 6.45) is 11.4. The highest BCUT2D eigenvalue weighted by Crippen LogP contribution is 2.37. The minimum absolute atomic E-state index is 0.0978. The second kappa shape index (κ2) is 7.64. The molecule has 112 valence electrons. The lowest BCUT2D eigenvalue weighted by Gasteiger charge is -2.39. The van der Waals surface area contributed by atoms with Gasteiger partial charge in [-0.05, 0) is 50.4 Å². The molecule has 0 aromatic carbocycles. The minimum atomic E-state index is -0.231. The first-order valence-corrected chi connectivity index (χ1v) is 8.52. The van der Waals surface area contributed by atoms with Crippen LogP contribution in [0.1, 0.15) is 71.6 Å². The molecule has 2 rings (SSSR count). The molecule has 0 aliphatic heterocycles. The molecule has 2 aliphatic rings. The van der Waals surface area contributed by atoms with Gasteiger partial charge in [-0.1, -0.05) is 39.0 Å². The smallest absolute Gasteiger partial charge is 0.0864 e.